The summed E-state index contributed by atoms with van der Waals surface area (Å²) in [6.07, 6.45) is 6.85. The van der Waals surface area contributed by atoms with E-state index in [1.54, 1.807) is 17.0 Å². The van der Waals surface area contributed by atoms with Crippen LogP contribution in [-0.4, -0.2) is 50.0 Å². The molecule has 1 aliphatic carbocycles. The highest BCUT2D eigenvalue weighted by Gasteiger charge is 2.32. The first-order valence-corrected chi connectivity index (χ1v) is 18.2. The molecule has 44 heavy (non-hydrogen) atoms. The fourth-order valence-corrected chi connectivity index (χ4v) is 7.44. The van der Waals surface area contributed by atoms with E-state index in [1.807, 2.05) is 54.6 Å². The average molecular weight is 724 g/mol. The van der Waals surface area contributed by atoms with Gasteiger partial charge in [-0.1, -0.05) is 101 Å². The van der Waals surface area contributed by atoms with E-state index in [0.717, 1.165) is 54.0 Å². The molecule has 0 unspecified atom stereocenters. The number of hydrogen-bond donors (Lipinski definition) is 1. The molecule has 1 N–H and O–H groups in total. The van der Waals surface area contributed by atoms with Crippen molar-refractivity contribution in [1.82, 2.24) is 10.2 Å². The Balaban J connectivity index is 1.60. The molecular weight excluding hydrogens is 685 g/mol. The van der Waals surface area contributed by atoms with Crippen molar-refractivity contribution in [2.45, 2.75) is 70.0 Å². The minimum Gasteiger partial charge on any atom is -0.352 e. The topological polar surface area (TPSA) is 86.8 Å². The van der Waals surface area contributed by atoms with Crippen LogP contribution in [0.3, 0.4) is 0 Å². The Morgan fingerprint density at radius 2 is 1.66 bits per heavy atom. The van der Waals surface area contributed by atoms with Crippen LogP contribution >= 0.6 is 39.1 Å². The van der Waals surface area contributed by atoms with Crippen LogP contribution in [0, 0.1) is 0 Å². The van der Waals surface area contributed by atoms with Crippen molar-refractivity contribution in [3.63, 3.8) is 0 Å². The van der Waals surface area contributed by atoms with Crippen molar-refractivity contribution in [2.24, 2.45) is 0 Å². The summed E-state index contributed by atoms with van der Waals surface area (Å²) < 4.78 is 27.5. The van der Waals surface area contributed by atoms with Crippen LogP contribution < -0.4 is 9.62 Å². The summed E-state index contributed by atoms with van der Waals surface area (Å²) in [6, 6.07) is 21.3. The summed E-state index contributed by atoms with van der Waals surface area (Å²) in [5.41, 5.74) is 2.08. The Hall–Kier alpha value is -2.59. The van der Waals surface area contributed by atoms with Crippen LogP contribution in [-0.2, 0) is 32.6 Å². The number of sulfonamides is 1. The van der Waals surface area contributed by atoms with E-state index in [2.05, 4.69) is 21.2 Å². The van der Waals surface area contributed by atoms with Gasteiger partial charge in [0.1, 0.15) is 6.04 Å². The van der Waals surface area contributed by atoms with Gasteiger partial charge in [0.05, 0.1) is 17.0 Å². The van der Waals surface area contributed by atoms with Crippen molar-refractivity contribution in [2.75, 3.05) is 17.1 Å². The molecule has 0 saturated heterocycles. The lowest BCUT2D eigenvalue weighted by Crippen LogP contribution is -2.52. The molecule has 0 spiro atoms. The monoisotopic (exact) mass is 721 g/mol. The van der Waals surface area contributed by atoms with Crippen molar-refractivity contribution in [3.8, 4) is 0 Å². The van der Waals surface area contributed by atoms with Gasteiger partial charge >= 0.3 is 0 Å². The maximum atomic E-state index is 14.1. The zero-order valence-corrected chi connectivity index (χ0v) is 28.6. The van der Waals surface area contributed by atoms with Gasteiger partial charge in [-0.15, -0.1) is 0 Å². The molecule has 0 aliphatic heterocycles. The second-order valence-corrected chi connectivity index (χ2v) is 14.9. The largest absolute Gasteiger partial charge is 0.352 e. The molecule has 0 radical (unpaired) electrons. The Labute approximate surface area is 279 Å². The van der Waals surface area contributed by atoms with Gasteiger partial charge in [0.25, 0.3) is 0 Å². The zero-order valence-electron chi connectivity index (χ0n) is 24.7. The summed E-state index contributed by atoms with van der Waals surface area (Å²) in [6.45, 7) is 0.247. The highest BCUT2D eigenvalue weighted by molar-refractivity contribution is 9.10. The van der Waals surface area contributed by atoms with Crippen LogP contribution in [0.5, 0.6) is 0 Å². The summed E-state index contributed by atoms with van der Waals surface area (Å²) in [7, 11) is -3.72. The summed E-state index contributed by atoms with van der Waals surface area (Å²) in [4.78, 5) is 29.7. The predicted octanol–water partition coefficient (Wildman–Crippen LogP) is 7.39. The van der Waals surface area contributed by atoms with Gasteiger partial charge in [-0.25, -0.2) is 8.42 Å². The minimum absolute atomic E-state index is 0.0208. The van der Waals surface area contributed by atoms with Gasteiger partial charge in [-0.2, -0.15) is 0 Å². The maximum Gasteiger partial charge on any atom is 0.243 e. The quantitative estimate of drug-likeness (QED) is 0.199. The molecule has 7 nitrogen and oxygen atoms in total. The van der Waals surface area contributed by atoms with E-state index in [4.69, 9.17) is 23.2 Å². The first-order chi connectivity index (χ1) is 21.0. The van der Waals surface area contributed by atoms with Gasteiger partial charge in [-0.3, -0.25) is 13.9 Å². The molecule has 4 rings (SSSR count). The van der Waals surface area contributed by atoms with Crippen LogP contribution in [0.4, 0.5) is 5.69 Å². The third-order valence-electron chi connectivity index (χ3n) is 7.79. The molecule has 0 bridgehead atoms. The van der Waals surface area contributed by atoms with Crippen LogP contribution in [0.15, 0.2) is 77.3 Å². The second-order valence-electron chi connectivity index (χ2n) is 11.2. The first-order valence-electron chi connectivity index (χ1n) is 14.8. The molecule has 1 saturated carbocycles. The average Bonchev–Trinajstić information content (AvgIpc) is 2.99. The van der Waals surface area contributed by atoms with Gasteiger partial charge in [0.15, 0.2) is 0 Å². The number of nitrogens with zero attached hydrogens (tertiary/aromatic N) is 2. The summed E-state index contributed by atoms with van der Waals surface area (Å²) in [5, 5.41) is 3.83. The number of amides is 2. The third kappa shape index (κ3) is 9.96. The van der Waals surface area contributed by atoms with Gasteiger partial charge in [0.2, 0.25) is 21.8 Å². The molecule has 2 amide bonds. The molecule has 3 aromatic carbocycles. The van der Waals surface area contributed by atoms with E-state index in [0.29, 0.717) is 11.4 Å². The van der Waals surface area contributed by atoms with Crippen molar-refractivity contribution < 1.29 is 18.0 Å². The Kier molecular flexibility index (Phi) is 12.6. The molecule has 1 atom stereocenters. The van der Waals surface area contributed by atoms with E-state index in [-0.39, 0.29) is 54.5 Å². The van der Waals surface area contributed by atoms with E-state index < -0.39 is 16.1 Å². The van der Waals surface area contributed by atoms with Gasteiger partial charge < -0.3 is 10.2 Å². The van der Waals surface area contributed by atoms with E-state index in [9.17, 15) is 18.0 Å². The van der Waals surface area contributed by atoms with Crippen LogP contribution in [0.1, 0.15) is 56.1 Å². The van der Waals surface area contributed by atoms with Crippen LogP contribution in [0.25, 0.3) is 0 Å². The van der Waals surface area contributed by atoms with Gasteiger partial charge in [0, 0.05) is 41.5 Å². The number of anilines is 1. The number of rotatable bonds is 13. The number of benzene rings is 3. The second kappa shape index (κ2) is 16.1. The highest BCUT2D eigenvalue weighted by atomic mass is 79.9. The molecule has 1 fully saturated rings. The molecule has 1 aliphatic rings. The van der Waals surface area contributed by atoms with Crippen molar-refractivity contribution in [3.05, 3.63) is 98.4 Å². The minimum atomic E-state index is -3.72. The first kappa shape index (κ1) is 34.3. The van der Waals surface area contributed by atoms with Crippen molar-refractivity contribution in [1.29, 1.82) is 0 Å². The summed E-state index contributed by atoms with van der Waals surface area (Å²) >= 11 is 16.0. The summed E-state index contributed by atoms with van der Waals surface area (Å²) in [5.74, 6) is -0.414. The molecule has 11 heteroatoms. The molecule has 0 aromatic heterocycles. The molecule has 236 valence electrons. The Bertz CT molecular complexity index is 1530. The highest BCUT2D eigenvalue weighted by Crippen LogP contribution is 2.31. The van der Waals surface area contributed by atoms with Gasteiger partial charge in [-0.05, 0) is 60.7 Å². The Morgan fingerprint density at radius 1 is 0.955 bits per heavy atom. The number of carbonyl (C=O) groups excluding carboxylic acids is 2. The molecule has 3 aromatic rings. The molecular formula is C33H38BrCl2N3O4S. The Morgan fingerprint density at radius 3 is 2.34 bits per heavy atom. The number of nitrogens with one attached hydrogen (secondary N) is 1. The number of carbonyl (C=O) groups is 2. The lowest BCUT2D eigenvalue weighted by molar-refractivity contribution is -0.141. The number of hydrogen-bond acceptors (Lipinski definition) is 4. The standard InChI is InChI=1S/C33H38BrCl2N3O4S/c1-44(42,43)39(30-22-27(35)17-18-29(30)36)19-9-16-32(40)38(23-25-12-8-13-26(34)20-25)31(21-24-10-4-2-5-11-24)33(41)37-28-14-6-3-7-15-28/h2,4-5,8,10-13,17-18,20,22,28,31H,3,6-7,9,14-16,19,21,23H2,1H3,(H,37,41)/t31-/m0/s1. The normalized spacial score (nSPS) is 14.5. The third-order valence-corrected chi connectivity index (χ3v) is 10.0. The maximum absolute atomic E-state index is 14.1. The predicted molar refractivity (Wildman–Crippen MR) is 182 cm³/mol. The smallest absolute Gasteiger partial charge is 0.243 e. The number of halogens is 3. The molecule has 0 heterocycles. The zero-order chi connectivity index (χ0) is 31.7. The van der Waals surface area contributed by atoms with Crippen LogP contribution in [0.2, 0.25) is 10.0 Å². The fourth-order valence-electron chi connectivity index (χ4n) is 5.59. The van der Waals surface area contributed by atoms with E-state index in [1.165, 1.54) is 10.4 Å². The van der Waals surface area contributed by atoms with E-state index >= 15 is 0 Å². The fraction of sp³-hybridized carbons (Fsp3) is 0.394. The lowest BCUT2D eigenvalue weighted by Gasteiger charge is -2.34. The SMILES string of the molecule is CS(=O)(=O)N(CCCC(=O)N(Cc1cccc(Br)c1)[C@@H](Cc1ccccc1)C(=O)NC1CCCCC1)c1cc(Cl)ccc1Cl. The lowest BCUT2D eigenvalue weighted by atomic mass is 9.94. The van der Waals surface area contributed by atoms with Crippen molar-refractivity contribution >= 4 is 66.7 Å².